The number of hydrogen-bond donors (Lipinski definition) is 2. The van der Waals surface area contributed by atoms with Crippen molar-refractivity contribution >= 4 is 12.0 Å². The minimum atomic E-state index is -0.814. The summed E-state index contributed by atoms with van der Waals surface area (Å²) in [7, 11) is 0. The molecule has 1 aromatic rings. The van der Waals surface area contributed by atoms with Crippen LogP contribution in [0.5, 0.6) is 0 Å². The fraction of sp³-hybridized carbons (Fsp3) is 0.643. The summed E-state index contributed by atoms with van der Waals surface area (Å²) in [5, 5.41) is 15.6. The lowest BCUT2D eigenvalue weighted by Gasteiger charge is -2.21. The number of carbonyl (C=O) groups excluding carboxylic acids is 1. The Morgan fingerprint density at radius 3 is 2.81 bits per heavy atom. The quantitative estimate of drug-likeness (QED) is 0.884. The number of rotatable bonds is 4. The second kappa shape index (κ2) is 6.15. The summed E-state index contributed by atoms with van der Waals surface area (Å²) >= 11 is 0. The van der Waals surface area contributed by atoms with E-state index in [1.807, 2.05) is 20.8 Å². The second-order valence-corrected chi connectivity index (χ2v) is 5.61. The Hall–Kier alpha value is -2.05. The molecule has 7 nitrogen and oxygen atoms in total. The van der Waals surface area contributed by atoms with Gasteiger partial charge < -0.3 is 19.8 Å². The van der Waals surface area contributed by atoms with Crippen molar-refractivity contribution in [1.82, 2.24) is 15.4 Å². The third-order valence-corrected chi connectivity index (χ3v) is 3.90. The average molecular weight is 295 g/mol. The van der Waals surface area contributed by atoms with Gasteiger partial charge in [0.05, 0.1) is 11.7 Å². The normalized spacial score (nSPS) is 19.6. The van der Waals surface area contributed by atoms with Gasteiger partial charge in [0, 0.05) is 25.1 Å². The summed E-state index contributed by atoms with van der Waals surface area (Å²) in [5.74, 6) is -0.0700. The number of nitrogens with one attached hydrogen (secondary N) is 1. The molecule has 1 aromatic heterocycles. The third kappa shape index (κ3) is 3.53. The van der Waals surface area contributed by atoms with Crippen LogP contribution in [0.1, 0.15) is 42.8 Å². The maximum absolute atomic E-state index is 12.2. The SMILES string of the molecule is Cc1noc(C)c1C(C)NC(=O)N1CCC(CC(=O)O)C1. The molecule has 2 atom stereocenters. The van der Waals surface area contributed by atoms with E-state index < -0.39 is 5.97 Å². The fourth-order valence-corrected chi connectivity index (χ4v) is 2.89. The van der Waals surface area contributed by atoms with Crippen molar-refractivity contribution in [3.05, 3.63) is 17.0 Å². The van der Waals surface area contributed by atoms with E-state index in [0.29, 0.717) is 18.8 Å². The molecular formula is C14H21N3O4. The smallest absolute Gasteiger partial charge is 0.317 e. The molecule has 21 heavy (non-hydrogen) atoms. The minimum absolute atomic E-state index is 0.0441. The van der Waals surface area contributed by atoms with Crippen LogP contribution >= 0.6 is 0 Å². The molecule has 2 amide bonds. The van der Waals surface area contributed by atoms with Gasteiger partial charge in [-0.3, -0.25) is 4.79 Å². The average Bonchev–Trinajstić information content (AvgIpc) is 2.96. The number of urea groups is 1. The highest BCUT2D eigenvalue weighted by Gasteiger charge is 2.29. The first kappa shape index (κ1) is 15.3. The Morgan fingerprint density at radius 2 is 2.24 bits per heavy atom. The van der Waals surface area contributed by atoms with Gasteiger partial charge in [-0.1, -0.05) is 5.16 Å². The largest absolute Gasteiger partial charge is 0.481 e. The van der Waals surface area contributed by atoms with Crippen LogP contribution < -0.4 is 5.32 Å². The maximum atomic E-state index is 12.2. The van der Waals surface area contributed by atoms with Crippen molar-refractivity contribution < 1.29 is 19.2 Å². The van der Waals surface area contributed by atoms with Crippen LogP contribution in [0.3, 0.4) is 0 Å². The lowest BCUT2D eigenvalue weighted by molar-refractivity contribution is -0.138. The van der Waals surface area contributed by atoms with E-state index in [-0.39, 0.29) is 24.4 Å². The Bertz CT molecular complexity index is 521. The molecule has 2 rings (SSSR count). The lowest BCUT2D eigenvalue weighted by Crippen LogP contribution is -2.40. The van der Waals surface area contributed by atoms with Crippen molar-refractivity contribution in [3.8, 4) is 0 Å². The van der Waals surface area contributed by atoms with Crippen LogP contribution in [0.25, 0.3) is 0 Å². The molecule has 0 bridgehead atoms. The molecule has 2 unspecified atom stereocenters. The summed E-state index contributed by atoms with van der Waals surface area (Å²) in [4.78, 5) is 24.6. The van der Waals surface area contributed by atoms with E-state index >= 15 is 0 Å². The van der Waals surface area contributed by atoms with Crippen molar-refractivity contribution in [2.45, 2.75) is 39.7 Å². The van der Waals surface area contributed by atoms with E-state index in [9.17, 15) is 9.59 Å². The van der Waals surface area contributed by atoms with Gasteiger partial charge in [-0.15, -0.1) is 0 Å². The minimum Gasteiger partial charge on any atom is -0.481 e. The predicted molar refractivity (Wildman–Crippen MR) is 74.9 cm³/mol. The summed E-state index contributed by atoms with van der Waals surface area (Å²) in [6, 6.07) is -0.363. The number of amides is 2. The van der Waals surface area contributed by atoms with Crippen molar-refractivity contribution in [2.75, 3.05) is 13.1 Å². The molecule has 0 aliphatic carbocycles. The van der Waals surface area contributed by atoms with Crippen molar-refractivity contribution in [3.63, 3.8) is 0 Å². The molecule has 0 spiro atoms. The number of carboxylic acid groups (broad SMARTS) is 1. The van der Waals surface area contributed by atoms with Gasteiger partial charge >= 0.3 is 12.0 Å². The number of likely N-dealkylation sites (tertiary alicyclic amines) is 1. The fourth-order valence-electron chi connectivity index (χ4n) is 2.89. The molecule has 7 heteroatoms. The van der Waals surface area contributed by atoms with Gasteiger partial charge in [0.2, 0.25) is 0 Å². The van der Waals surface area contributed by atoms with Gasteiger partial charge in [0.25, 0.3) is 0 Å². The molecule has 1 aliphatic heterocycles. The predicted octanol–water partition coefficient (Wildman–Crippen LogP) is 1.86. The molecule has 1 fully saturated rings. The molecule has 116 valence electrons. The number of aliphatic carboxylic acids is 1. The molecule has 2 N–H and O–H groups in total. The Morgan fingerprint density at radius 1 is 1.52 bits per heavy atom. The van der Waals surface area contributed by atoms with Crippen LogP contribution in [-0.2, 0) is 4.79 Å². The topological polar surface area (TPSA) is 95.7 Å². The zero-order chi connectivity index (χ0) is 15.6. The van der Waals surface area contributed by atoms with Gasteiger partial charge in [-0.05, 0) is 33.1 Å². The number of hydrogen-bond acceptors (Lipinski definition) is 4. The third-order valence-electron chi connectivity index (χ3n) is 3.90. The molecule has 1 aliphatic rings. The Balaban J connectivity index is 1.92. The number of carbonyl (C=O) groups is 2. The highest BCUT2D eigenvalue weighted by Crippen LogP contribution is 2.23. The molecule has 1 saturated heterocycles. The van der Waals surface area contributed by atoms with E-state index in [0.717, 1.165) is 17.7 Å². The van der Waals surface area contributed by atoms with Crippen LogP contribution in [0.2, 0.25) is 0 Å². The first-order valence-corrected chi connectivity index (χ1v) is 7.08. The van der Waals surface area contributed by atoms with Crippen LogP contribution in [0, 0.1) is 19.8 Å². The monoisotopic (exact) mass is 295 g/mol. The maximum Gasteiger partial charge on any atom is 0.317 e. The molecule has 0 saturated carbocycles. The van der Waals surface area contributed by atoms with E-state index in [1.165, 1.54) is 0 Å². The van der Waals surface area contributed by atoms with E-state index in [4.69, 9.17) is 9.63 Å². The van der Waals surface area contributed by atoms with Gasteiger partial charge in [0.1, 0.15) is 5.76 Å². The van der Waals surface area contributed by atoms with Gasteiger partial charge in [0.15, 0.2) is 0 Å². The summed E-state index contributed by atoms with van der Waals surface area (Å²) in [6.45, 7) is 6.63. The Labute approximate surface area is 123 Å². The zero-order valence-corrected chi connectivity index (χ0v) is 12.5. The second-order valence-electron chi connectivity index (χ2n) is 5.61. The zero-order valence-electron chi connectivity index (χ0n) is 12.5. The number of aryl methyl sites for hydroxylation is 2. The van der Waals surface area contributed by atoms with Crippen molar-refractivity contribution in [1.29, 1.82) is 0 Å². The molecule has 2 heterocycles. The summed E-state index contributed by atoms with van der Waals surface area (Å²) in [6.07, 6.45) is 0.850. The molecule has 0 radical (unpaired) electrons. The first-order valence-electron chi connectivity index (χ1n) is 7.08. The highest BCUT2D eigenvalue weighted by atomic mass is 16.5. The standard InChI is InChI=1S/C14H21N3O4/c1-8(13-9(2)16-21-10(13)3)15-14(20)17-5-4-11(7-17)6-12(18)19/h8,11H,4-7H2,1-3H3,(H,15,20)(H,18,19). The molecular weight excluding hydrogens is 274 g/mol. The summed E-state index contributed by atoms with van der Waals surface area (Å²) in [5.41, 5.74) is 1.66. The first-order chi connectivity index (χ1) is 9.88. The highest BCUT2D eigenvalue weighted by molar-refractivity contribution is 5.75. The lowest BCUT2D eigenvalue weighted by atomic mass is 10.1. The van der Waals surface area contributed by atoms with Crippen LogP contribution in [-0.4, -0.2) is 40.3 Å². The van der Waals surface area contributed by atoms with Gasteiger partial charge in [-0.2, -0.15) is 0 Å². The van der Waals surface area contributed by atoms with Crippen LogP contribution in [0.4, 0.5) is 4.79 Å². The molecule has 0 aromatic carbocycles. The van der Waals surface area contributed by atoms with E-state index in [2.05, 4.69) is 10.5 Å². The Kier molecular flexibility index (Phi) is 4.50. The van der Waals surface area contributed by atoms with Gasteiger partial charge in [-0.25, -0.2) is 4.79 Å². The van der Waals surface area contributed by atoms with Crippen LogP contribution in [0.15, 0.2) is 4.52 Å². The van der Waals surface area contributed by atoms with E-state index in [1.54, 1.807) is 4.90 Å². The summed E-state index contributed by atoms with van der Waals surface area (Å²) < 4.78 is 5.10. The number of aromatic nitrogens is 1. The number of nitrogens with zero attached hydrogens (tertiary/aromatic N) is 2. The van der Waals surface area contributed by atoms with Crippen molar-refractivity contribution in [2.24, 2.45) is 5.92 Å². The number of carboxylic acids is 1.